The van der Waals surface area contributed by atoms with Crippen LogP contribution in [0.15, 0.2) is 90.4 Å². The van der Waals surface area contributed by atoms with Gasteiger partial charge >= 0.3 is 0 Å². The number of pyridine rings is 1. The predicted molar refractivity (Wildman–Crippen MR) is 160 cm³/mol. The smallest absolute Gasteiger partial charge is 0.267 e. The third-order valence-corrected chi connectivity index (χ3v) is 6.38. The van der Waals surface area contributed by atoms with Gasteiger partial charge in [-0.15, -0.1) is 6.58 Å². The number of fused-ring (bicyclic) bond motifs is 1. The van der Waals surface area contributed by atoms with E-state index in [0.717, 1.165) is 0 Å². The van der Waals surface area contributed by atoms with Crippen molar-refractivity contribution in [2.45, 2.75) is 13.0 Å². The number of hydrogen-bond acceptors (Lipinski definition) is 7. The van der Waals surface area contributed by atoms with Crippen molar-refractivity contribution in [3.8, 4) is 17.5 Å². The predicted octanol–water partition coefficient (Wildman–Crippen LogP) is 3.59. The minimum atomic E-state index is -0.685. The lowest BCUT2D eigenvalue weighted by atomic mass is 10.1. The molecule has 10 heteroatoms. The molecule has 0 saturated heterocycles. The van der Waals surface area contributed by atoms with Crippen molar-refractivity contribution in [2.75, 3.05) is 17.6 Å². The number of nitrogens with one attached hydrogen (secondary N) is 2. The van der Waals surface area contributed by atoms with Crippen molar-refractivity contribution in [3.63, 3.8) is 0 Å². The lowest BCUT2D eigenvalue weighted by Gasteiger charge is -2.20. The van der Waals surface area contributed by atoms with Crippen LogP contribution >= 0.6 is 0 Å². The molecule has 0 saturated carbocycles. The zero-order chi connectivity index (χ0) is 28.9. The van der Waals surface area contributed by atoms with Crippen molar-refractivity contribution >= 4 is 28.4 Å². The highest BCUT2D eigenvalue weighted by atomic mass is 16.2. The molecule has 41 heavy (non-hydrogen) atoms. The Morgan fingerprint density at radius 3 is 2.61 bits per heavy atom. The number of benzene rings is 2. The molecule has 0 aliphatic rings. The Labute approximate surface area is 236 Å². The van der Waals surface area contributed by atoms with Gasteiger partial charge < -0.3 is 16.4 Å². The minimum absolute atomic E-state index is 0.0757. The first-order valence-corrected chi connectivity index (χ1v) is 12.9. The number of nitrogens with zero attached hydrogens (tertiary/aromatic N) is 5. The standard InChI is InChI=1S/C31H28N8O2/c1-4-18-34-29-26(27(32)37-38(29)3)30(40)35-20(2)28-36-24-15-10-11-21(16-17-22-12-8-9-19-33-22)25(24)31(41)39(28)23-13-6-5-7-14-23/h4-15,19-20,34H,1,18H2,2-3H3,(H2,32,37)(H,35,40). The van der Waals surface area contributed by atoms with Gasteiger partial charge in [-0.25, -0.2) is 9.97 Å². The van der Waals surface area contributed by atoms with Crippen LogP contribution in [-0.4, -0.2) is 36.8 Å². The van der Waals surface area contributed by atoms with Crippen LogP contribution in [0.25, 0.3) is 16.6 Å². The highest BCUT2D eigenvalue weighted by Gasteiger charge is 2.25. The second-order valence-electron chi connectivity index (χ2n) is 9.21. The summed E-state index contributed by atoms with van der Waals surface area (Å²) in [6, 6.07) is 19.3. The van der Waals surface area contributed by atoms with E-state index in [1.165, 1.54) is 9.25 Å². The lowest BCUT2D eigenvalue weighted by Crippen LogP contribution is -2.34. The van der Waals surface area contributed by atoms with Crippen molar-refractivity contribution in [2.24, 2.45) is 7.05 Å². The summed E-state index contributed by atoms with van der Waals surface area (Å²) >= 11 is 0. The fourth-order valence-corrected chi connectivity index (χ4v) is 4.51. The minimum Gasteiger partial charge on any atom is -0.381 e. The van der Waals surface area contributed by atoms with E-state index in [2.05, 4.69) is 39.1 Å². The van der Waals surface area contributed by atoms with Gasteiger partial charge in [-0.3, -0.25) is 18.8 Å². The number of carbonyl (C=O) groups is 1. The summed E-state index contributed by atoms with van der Waals surface area (Å²) in [6.45, 7) is 5.88. The summed E-state index contributed by atoms with van der Waals surface area (Å²) in [6.07, 6.45) is 3.33. The number of rotatable bonds is 7. The lowest BCUT2D eigenvalue weighted by molar-refractivity contribution is 0.0939. The van der Waals surface area contributed by atoms with Gasteiger partial charge in [0, 0.05) is 25.4 Å². The topological polar surface area (TPSA) is 133 Å². The molecule has 4 N–H and O–H groups in total. The molecule has 0 aliphatic heterocycles. The van der Waals surface area contributed by atoms with Crippen molar-refractivity contribution in [3.05, 3.63) is 119 Å². The monoisotopic (exact) mass is 544 g/mol. The molecular weight excluding hydrogens is 516 g/mol. The van der Waals surface area contributed by atoms with Gasteiger partial charge in [0.05, 0.1) is 22.6 Å². The molecule has 5 aromatic rings. The van der Waals surface area contributed by atoms with E-state index in [0.29, 0.717) is 46.0 Å². The third kappa shape index (κ3) is 5.42. The highest BCUT2D eigenvalue weighted by molar-refractivity contribution is 6.03. The maximum absolute atomic E-state index is 14.1. The molecule has 0 bridgehead atoms. The molecule has 0 aliphatic carbocycles. The zero-order valence-electron chi connectivity index (χ0n) is 22.6. The molecule has 1 unspecified atom stereocenters. The summed E-state index contributed by atoms with van der Waals surface area (Å²) in [5.41, 5.74) is 8.15. The molecule has 5 rings (SSSR count). The maximum Gasteiger partial charge on any atom is 0.267 e. The Bertz CT molecular complexity index is 1870. The molecule has 3 heterocycles. The molecular formula is C31H28N8O2. The molecule has 204 valence electrons. The fraction of sp³-hybridized carbons (Fsp3) is 0.129. The van der Waals surface area contributed by atoms with Crippen molar-refractivity contribution < 1.29 is 4.79 Å². The van der Waals surface area contributed by atoms with E-state index in [4.69, 9.17) is 10.7 Å². The maximum atomic E-state index is 14.1. The summed E-state index contributed by atoms with van der Waals surface area (Å²) < 4.78 is 3.00. The Kier molecular flexibility index (Phi) is 7.60. The zero-order valence-corrected chi connectivity index (χ0v) is 22.6. The fourth-order valence-electron chi connectivity index (χ4n) is 4.51. The second-order valence-corrected chi connectivity index (χ2v) is 9.21. The molecule has 1 atom stereocenters. The number of amides is 1. The number of para-hydroxylation sites is 1. The quantitative estimate of drug-likeness (QED) is 0.211. The molecule has 1 amide bonds. The van der Waals surface area contributed by atoms with E-state index in [9.17, 15) is 9.59 Å². The number of nitrogens with two attached hydrogens (primary N) is 1. The first-order valence-electron chi connectivity index (χ1n) is 12.9. The van der Waals surface area contributed by atoms with Crippen LogP contribution in [0.5, 0.6) is 0 Å². The van der Waals surface area contributed by atoms with Crippen molar-refractivity contribution in [1.82, 2.24) is 29.6 Å². The average Bonchev–Trinajstić information content (AvgIpc) is 3.27. The summed E-state index contributed by atoms with van der Waals surface area (Å²) in [7, 11) is 1.69. The average molecular weight is 545 g/mol. The van der Waals surface area contributed by atoms with E-state index >= 15 is 0 Å². The van der Waals surface area contributed by atoms with E-state index < -0.39 is 11.9 Å². The van der Waals surface area contributed by atoms with Crippen LogP contribution in [0.2, 0.25) is 0 Å². The van der Waals surface area contributed by atoms with Gasteiger partial charge in [-0.2, -0.15) is 5.10 Å². The van der Waals surface area contributed by atoms with Crippen LogP contribution in [0.3, 0.4) is 0 Å². The molecule has 0 spiro atoms. The summed E-state index contributed by atoms with van der Waals surface area (Å²) in [5.74, 6) is 6.52. The summed E-state index contributed by atoms with van der Waals surface area (Å²) in [4.78, 5) is 36.7. The Hall–Kier alpha value is -5.69. The van der Waals surface area contributed by atoms with Gasteiger partial charge in [0.15, 0.2) is 5.82 Å². The molecule has 10 nitrogen and oxygen atoms in total. The van der Waals surface area contributed by atoms with Gasteiger partial charge in [-0.05, 0) is 49.2 Å². The first kappa shape index (κ1) is 26.9. The molecule has 2 aromatic carbocycles. The van der Waals surface area contributed by atoms with Gasteiger partial charge in [-0.1, -0.05) is 42.3 Å². The number of aromatic nitrogens is 5. The first-order chi connectivity index (χ1) is 19.9. The van der Waals surface area contributed by atoms with Crippen LogP contribution in [0.4, 0.5) is 11.6 Å². The largest absolute Gasteiger partial charge is 0.381 e. The SMILES string of the molecule is C=CCNc1c(C(=O)NC(C)c2nc3cccc(C#Cc4ccccn4)c3c(=O)n2-c2ccccc2)c(N)nn1C. The van der Waals surface area contributed by atoms with Gasteiger partial charge in [0.2, 0.25) is 0 Å². The third-order valence-electron chi connectivity index (χ3n) is 6.38. The molecule has 0 fully saturated rings. The number of anilines is 2. The number of carbonyl (C=O) groups excluding carboxylic acids is 1. The number of aryl methyl sites for hydroxylation is 1. The Balaban J connectivity index is 1.62. The van der Waals surface area contributed by atoms with Gasteiger partial charge in [0.1, 0.15) is 22.9 Å². The van der Waals surface area contributed by atoms with E-state index in [1.54, 1.807) is 50.5 Å². The van der Waals surface area contributed by atoms with Crippen molar-refractivity contribution in [1.29, 1.82) is 0 Å². The van der Waals surface area contributed by atoms with E-state index in [-0.39, 0.29) is 16.9 Å². The van der Waals surface area contributed by atoms with Crippen LogP contribution in [0.1, 0.15) is 40.4 Å². The Morgan fingerprint density at radius 2 is 1.88 bits per heavy atom. The van der Waals surface area contributed by atoms with Crippen LogP contribution in [-0.2, 0) is 7.05 Å². The second kappa shape index (κ2) is 11.6. The number of hydrogen-bond donors (Lipinski definition) is 3. The number of nitrogen functional groups attached to an aromatic ring is 1. The van der Waals surface area contributed by atoms with Gasteiger partial charge in [0.25, 0.3) is 11.5 Å². The van der Waals surface area contributed by atoms with Crippen LogP contribution in [0, 0.1) is 11.8 Å². The van der Waals surface area contributed by atoms with E-state index in [1.807, 2.05) is 42.5 Å². The highest BCUT2D eigenvalue weighted by Crippen LogP contribution is 2.24. The molecule has 3 aromatic heterocycles. The molecule has 0 radical (unpaired) electrons. The Morgan fingerprint density at radius 1 is 1.10 bits per heavy atom. The summed E-state index contributed by atoms with van der Waals surface area (Å²) in [5, 5.41) is 10.6. The normalized spacial score (nSPS) is 11.4. The van der Waals surface area contributed by atoms with Crippen LogP contribution < -0.4 is 21.9 Å².